The third-order valence-electron chi connectivity index (χ3n) is 2.07. The molecule has 2 rings (SSSR count). The second-order valence-electron chi connectivity index (χ2n) is 3.25. The van der Waals surface area contributed by atoms with Gasteiger partial charge in [0, 0.05) is 13.2 Å². The number of rotatable bonds is 1. The van der Waals surface area contributed by atoms with E-state index in [-0.39, 0.29) is 5.69 Å². The highest BCUT2D eigenvalue weighted by Crippen LogP contribution is 2.30. The Balaban J connectivity index is 2.57. The van der Waals surface area contributed by atoms with Gasteiger partial charge in [-0.2, -0.15) is 18.3 Å². The standard InChI is InChI=1S/C9H6ClF3N4/c1-17-6(2-3-14-17)5-4-7(9(11,12)13)16-8(10)15-5/h2-4H,1H3. The fourth-order valence-corrected chi connectivity index (χ4v) is 1.50. The van der Waals surface area contributed by atoms with Crippen molar-refractivity contribution >= 4 is 11.6 Å². The second-order valence-corrected chi connectivity index (χ2v) is 3.58. The Bertz CT molecular complexity index is 549. The SMILES string of the molecule is Cn1nccc1-c1cc(C(F)(F)F)nc(Cl)n1. The van der Waals surface area contributed by atoms with E-state index in [9.17, 15) is 13.2 Å². The van der Waals surface area contributed by atoms with Gasteiger partial charge in [0.1, 0.15) is 5.69 Å². The van der Waals surface area contributed by atoms with Crippen LogP contribution in [0.2, 0.25) is 5.28 Å². The number of nitrogens with zero attached hydrogens (tertiary/aromatic N) is 4. The Morgan fingerprint density at radius 2 is 2.00 bits per heavy atom. The van der Waals surface area contributed by atoms with Crippen molar-refractivity contribution in [3.05, 3.63) is 29.3 Å². The number of halogens is 4. The van der Waals surface area contributed by atoms with Crippen LogP contribution in [0, 0.1) is 0 Å². The maximum absolute atomic E-state index is 12.5. The maximum Gasteiger partial charge on any atom is 0.433 e. The summed E-state index contributed by atoms with van der Waals surface area (Å²) in [5.74, 6) is 0. The lowest BCUT2D eigenvalue weighted by Crippen LogP contribution is -2.09. The number of hydrogen-bond acceptors (Lipinski definition) is 3. The van der Waals surface area contributed by atoms with Gasteiger partial charge in [-0.15, -0.1) is 0 Å². The summed E-state index contributed by atoms with van der Waals surface area (Å²) in [6.07, 6.45) is -3.10. The normalized spacial score (nSPS) is 11.8. The van der Waals surface area contributed by atoms with Crippen LogP contribution in [0.25, 0.3) is 11.4 Å². The summed E-state index contributed by atoms with van der Waals surface area (Å²) in [5.41, 5.74) is -0.564. The zero-order valence-electron chi connectivity index (χ0n) is 8.53. The smallest absolute Gasteiger partial charge is 0.266 e. The van der Waals surface area contributed by atoms with Gasteiger partial charge in [0.25, 0.3) is 0 Å². The molecule has 0 spiro atoms. The molecule has 0 saturated carbocycles. The van der Waals surface area contributed by atoms with Crippen LogP contribution >= 0.6 is 11.6 Å². The minimum atomic E-state index is -4.56. The topological polar surface area (TPSA) is 43.6 Å². The summed E-state index contributed by atoms with van der Waals surface area (Å²) < 4.78 is 39.0. The van der Waals surface area contributed by atoms with E-state index in [1.54, 1.807) is 13.1 Å². The highest BCUT2D eigenvalue weighted by molar-refractivity contribution is 6.28. The second kappa shape index (κ2) is 3.99. The van der Waals surface area contributed by atoms with Gasteiger partial charge < -0.3 is 0 Å². The Morgan fingerprint density at radius 1 is 1.29 bits per heavy atom. The molecule has 0 unspecified atom stereocenters. The monoisotopic (exact) mass is 262 g/mol. The molecule has 2 heterocycles. The number of hydrogen-bond donors (Lipinski definition) is 0. The number of aryl methyl sites for hydroxylation is 1. The molecule has 90 valence electrons. The first kappa shape index (κ1) is 11.8. The van der Waals surface area contributed by atoms with Crippen LogP contribution in [-0.2, 0) is 13.2 Å². The first-order valence-electron chi connectivity index (χ1n) is 4.48. The van der Waals surface area contributed by atoms with Crippen molar-refractivity contribution in [2.24, 2.45) is 7.05 Å². The lowest BCUT2D eigenvalue weighted by Gasteiger charge is -2.08. The highest BCUT2D eigenvalue weighted by atomic mass is 35.5. The Hall–Kier alpha value is -1.63. The first-order valence-corrected chi connectivity index (χ1v) is 4.86. The molecule has 0 aromatic carbocycles. The van der Waals surface area contributed by atoms with E-state index in [1.165, 1.54) is 10.9 Å². The molecule has 0 aliphatic rings. The van der Waals surface area contributed by atoms with Crippen molar-refractivity contribution in [1.29, 1.82) is 0 Å². The van der Waals surface area contributed by atoms with Crippen molar-refractivity contribution in [2.75, 3.05) is 0 Å². The minimum Gasteiger partial charge on any atom is -0.266 e. The molecule has 0 radical (unpaired) electrons. The molecule has 8 heteroatoms. The zero-order chi connectivity index (χ0) is 12.6. The van der Waals surface area contributed by atoms with E-state index in [0.717, 1.165) is 6.07 Å². The first-order chi connectivity index (χ1) is 7.88. The maximum atomic E-state index is 12.5. The van der Waals surface area contributed by atoms with Crippen molar-refractivity contribution in [3.8, 4) is 11.4 Å². The van der Waals surface area contributed by atoms with Crippen molar-refractivity contribution < 1.29 is 13.2 Å². The molecule has 0 atom stereocenters. The minimum absolute atomic E-state index is 0.0809. The molecule has 0 aliphatic heterocycles. The summed E-state index contributed by atoms with van der Waals surface area (Å²) in [4.78, 5) is 6.89. The lowest BCUT2D eigenvalue weighted by atomic mass is 10.2. The van der Waals surface area contributed by atoms with E-state index in [1.807, 2.05) is 0 Å². The van der Waals surface area contributed by atoms with Gasteiger partial charge in [-0.25, -0.2) is 9.97 Å². The van der Waals surface area contributed by atoms with E-state index in [2.05, 4.69) is 15.1 Å². The van der Waals surface area contributed by atoms with Crippen molar-refractivity contribution in [1.82, 2.24) is 19.7 Å². The molecule has 0 amide bonds. The van der Waals surface area contributed by atoms with E-state index >= 15 is 0 Å². The summed E-state index contributed by atoms with van der Waals surface area (Å²) in [6.45, 7) is 0. The van der Waals surface area contributed by atoms with E-state index in [0.29, 0.717) is 5.69 Å². The number of alkyl halides is 3. The molecule has 17 heavy (non-hydrogen) atoms. The van der Waals surface area contributed by atoms with Crippen LogP contribution in [0.4, 0.5) is 13.2 Å². The van der Waals surface area contributed by atoms with Crippen LogP contribution in [0.1, 0.15) is 5.69 Å². The quantitative estimate of drug-likeness (QED) is 0.742. The Labute approximate surface area is 99.1 Å². The largest absolute Gasteiger partial charge is 0.433 e. The fraction of sp³-hybridized carbons (Fsp3) is 0.222. The van der Waals surface area contributed by atoms with Crippen LogP contribution in [-0.4, -0.2) is 19.7 Å². The molecule has 0 saturated heterocycles. The molecule has 0 N–H and O–H groups in total. The lowest BCUT2D eigenvalue weighted by molar-refractivity contribution is -0.141. The van der Waals surface area contributed by atoms with Gasteiger partial charge in [0.05, 0.1) is 11.4 Å². The number of aromatic nitrogens is 4. The molecule has 4 nitrogen and oxygen atoms in total. The predicted molar refractivity (Wildman–Crippen MR) is 54.2 cm³/mol. The van der Waals surface area contributed by atoms with Gasteiger partial charge >= 0.3 is 6.18 Å². The van der Waals surface area contributed by atoms with Crippen LogP contribution in [0.5, 0.6) is 0 Å². The summed E-state index contributed by atoms with van der Waals surface area (Å²) in [5, 5.41) is 3.40. The van der Waals surface area contributed by atoms with Crippen molar-refractivity contribution in [2.45, 2.75) is 6.18 Å². The Kier molecular flexibility index (Phi) is 2.78. The van der Waals surface area contributed by atoms with E-state index < -0.39 is 17.2 Å². The molecule has 2 aromatic heterocycles. The molecular formula is C9H6ClF3N4. The van der Waals surface area contributed by atoms with Gasteiger partial charge in [-0.1, -0.05) is 0 Å². The summed E-state index contributed by atoms with van der Waals surface area (Å²) in [6, 6.07) is 2.38. The molecular weight excluding hydrogens is 257 g/mol. The predicted octanol–water partition coefficient (Wildman–Crippen LogP) is 2.55. The third-order valence-corrected chi connectivity index (χ3v) is 2.24. The average Bonchev–Trinajstić information content (AvgIpc) is 2.62. The fourth-order valence-electron chi connectivity index (χ4n) is 1.32. The zero-order valence-corrected chi connectivity index (χ0v) is 9.29. The van der Waals surface area contributed by atoms with Gasteiger partial charge in [-0.3, -0.25) is 4.68 Å². The Morgan fingerprint density at radius 3 is 2.53 bits per heavy atom. The summed E-state index contributed by atoms with van der Waals surface area (Å²) >= 11 is 5.47. The highest BCUT2D eigenvalue weighted by Gasteiger charge is 2.33. The average molecular weight is 263 g/mol. The molecule has 2 aromatic rings. The van der Waals surface area contributed by atoms with E-state index in [4.69, 9.17) is 11.6 Å². The van der Waals surface area contributed by atoms with Gasteiger partial charge in [0.15, 0.2) is 0 Å². The van der Waals surface area contributed by atoms with Gasteiger partial charge in [-0.05, 0) is 23.7 Å². The van der Waals surface area contributed by atoms with Gasteiger partial charge in [0.2, 0.25) is 5.28 Å². The van der Waals surface area contributed by atoms with Crippen LogP contribution in [0.3, 0.4) is 0 Å². The summed E-state index contributed by atoms with van der Waals surface area (Å²) in [7, 11) is 1.60. The van der Waals surface area contributed by atoms with Crippen LogP contribution in [0.15, 0.2) is 18.3 Å². The van der Waals surface area contributed by atoms with Crippen molar-refractivity contribution in [3.63, 3.8) is 0 Å². The molecule has 0 aliphatic carbocycles. The third kappa shape index (κ3) is 2.38. The molecule has 0 fully saturated rings. The van der Waals surface area contributed by atoms with Crippen LogP contribution < -0.4 is 0 Å². The molecule has 0 bridgehead atoms.